The number of phenols is 3. The number of ether oxygens (including phenoxy) is 2. The first-order valence-corrected chi connectivity index (χ1v) is 20.2. The van der Waals surface area contributed by atoms with Gasteiger partial charge in [0.2, 0.25) is 0 Å². The van der Waals surface area contributed by atoms with E-state index in [1.807, 2.05) is 55.4 Å². The van der Waals surface area contributed by atoms with Gasteiger partial charge in [0, 0.05) is 18.4 Å². The summed E-state index contributed by atoms with van der Waals surface area (Å²) < 4.78 is 12.1. The average Bonchev–Trinajstić information content (AvgIpc) is 3.18. The summed E-state index contributed by atoms with van der Waals surface area (Å²) in [5.41, 5.74) is 18.7. The molecule has 0 radical (unpaired) electrons. The average molecular weight is 765 g/mol. The predicted octanol–water partition coefficient (Wildman–Crippen LogP) is 12.8. The Hall–Kier alpha value is -5.26. The van der Waals surface area contributed by atoms with Gasteiger partial charge in [-0.1, -0.05) is 60.7 Å². The lowest BCUT2D eigenvalue weighted by molar-refractivity contribution is -0.0620. The van der Waals surface area contributed by atoms with Crippen LogP contribution in [0, 0.1) is 83.1 Å². The van der Waals surface area contributed by atoms with Gasteiger partial charge in [-0.15, -0.1) is 0 Å². The van der Waals surface area contributed by atoms with Crippen molar-refractivity contribution >= 4 is 10.8 Å². The van der Waals surface area contributed by atoms with E-state index in [4.69, 9.17) is 9.47 Å². The minimum absolute atomic E-state index is 0.105. The number of rotatable bonds is 10. The van der Waals surface area contributed by atoms with E-state index in [1.54, 1.807) is 0 Å². The van der Waals surface area contributed by atoms with Crippen LogP contribution in [-0.2, 0) is 4.74 Å². The largest absolute Gasteiger partial charge is 0.507 e. The van der Waals surface area contributed by atoms with Gasteiger partial charge in [0.1, 0.15) is 23.0 Å². The lowest BCUT2D eigenvalue weighted by Crippen LogP contribution is -2.18. The van der Waals surface area contributed by atoms with Crippen molar-refractivity contribution in [3.63, 3.8) is 0 Å². The Morgan fingerprint density at radius 3 is 1.12 bits per heavy atom. The van der Waals surface area contributed by atoms with Gasteiger partial charge in [0.25, 0.3) is 0 Å². The smallest absolute Gasteiger partial charge is 0.196 e. The second-order valence-corrected chi connectivity index (χ2v) is 16.4. The van der Waals surface area contributed by atoms with Crippen LogP contribution in [0.5, 0.6) is 23.0 Å². The van der Waals surface area contributed by atoms with Gasteiger partial charge in [0.15, 0.2) is 6.29 Å². The van der Waals surface area contributed by atoms with Gasteiger partial charge < -0.3 is 24.8 Å². The van der Waals surface area contributed by atoms with Gasteiger partial charge in [-0.25, -0.2) is 0 Å². The Morgan fingerprint density at radius 2 is 0.772 bits per heavy atom. The molecule has 0 aliphatic heterocycles. The normalized spacial score (nSPS) is 12.8. The summed E-state index contributed by atoms with van der Waals surface area (Å²) in [6.07, 6.45) is -0.361. The fraction of sp³-hybridized carbons (Fsp3) is 0.346. The molecule has 0 aliphatic rings. The van der Waals surface area contributed by atoms with Gasteiger partial charge in [0.05, 0.1) is 0 Å². The van der Waals surface area contributed by atoms with E-state index in [9.17, 15) is 15.3 Å². The Morgan fingerprint density at radius 1 is 0.439 bits per heavy atom. The van der Waals surface area contributed by atoms with Crippen molar-refractivity contribution in [2.75, 3.05) is 6.61 Å². The van der Waals surface area contributed by atoms with Crippen LogP contribution in [0.2, 0.25) is 0 Å². The highest BCUT2D eigenvalue weighted by atomic mass is 16.7. The molecule has 0 aliphatic carbocycles. The summed E-state index contributed by atoms with van der Waals surface area (Å²) in [5, 5.41) is 35.1. The number of benzene rings is 6. The summed E-state index contributed by atoms with van der Waals surface area (Å²) in [4.78, 5) is 0. The third-order valence-electron chi connectivity index (χ3n) is 12.8. The summed E-state index contributed by atoms with van der Waals surface area (Å²) in [5.74, 6) is 1.65. The Balaban J connectivity index is 1.57. The van der Waals surface area contributed by atoms with Crippen molar-refractivity contribution in [3.05, 3.63) is 161 Å². The van der Waals surface area contributed by atoms with Crippen LogP contribution in [-0.4, -0.2) is 28.2 Å². The molecule has 0 heterocycles. The molecule has 0 saturated carbocycles. The number of fused-ring (bicyclic) bond motifs is 1. The standard InChI is InChI=1S/C52H60O5/c1-15-56-38(14)57-52-29(5)23-46(33(9)37(52)13)48(45-22-28(4)51(55)36(12)32(45)8)42-19-17-39-24-41(18-16-40(39)25-42)47(43-20-26(2)49(53)34(10)30(43)6)44-21-27(3)50(54)35(11)31(44)7/h16-25,38,47-48,53-55H,15H2,1-14H3. The molecule has 2 atom stereocenters. The van der Waals surface area contributed by atoms with Crippen LogP contribution in [0.15, 0.2) is 60.7 Å². The first-order chi connectivity index (χ1) is 26.9. The van der Waals surface area contributed by atoms with Crippen LogP contribution in [0.3, 0.4) is 0 Å². The van der Waals surface area contributed by atoms with Crippen LogP contribution in [0.4, 0.5) is 0 Å². The molecular formula is C52H60O5. The van der Waals surface area contributed by atoms with E-state index < -0.39 is 0 Å². The lowest BCUT2D eigenvalue weighted by Gasteiger charge is -2.28. The van der Waals surface area contributed by atoms with Crippen LogP contribution in [0.25, 0.3) is 10.8 Å². The molecule has 5 nitrogen and oxygen atoms in total. The van der Waals surface area contributed by atoms with Gasteiger partial charge >= 0.3 is 0 Å². The number of aromatic hydroxyl groups is 3. The Labute approximate surface area is 340 Å². The van der Waals surface area contributed by atoms with Crippen molar-refractivity contribution < 1.29 is 24.8 Å². The highest BCUT2D eigenvalue weighted by Gasteiger charge is 2.28. The molecule has 0 spiro atoms. The molecule has 0 aromatic heterocycles. The molecule has 6 aromatic rings. The molecule has 0 saturated heterocycles. The maximum atomic E-state index is 11.0. The fourth-order valence-corrected chi connectivity index (χ4v) is 8.90. The van der Waals surface area contributed by atoms with Gasteiger partial charge in [-0.3, -0.25) is 0 Å². The molecule has 6 rings (SSSR count). The quantitative estimate of drug-likeness (QED) is 0.0956. The first kappa shape index (κ1) is 41.4. The van der Waals surface area contributed by atoms with Crippen molar-refractivity contribution in [1.82, 2.24) is 0 Å². The van der Waals surface area contributed by atoms with E-state index in [1.165, 1.54) is 16.7 Å². The number of hydrogen-bond acceptors (Lipinski definition) is 5. The molecule has 2 unspecified atom stereocenters. The molecule has 298 valence electrons. The predicted molar refractivity (Wildman–Crippen MR) is 235 cm³/mol. The number of phenolic OH excluding ortho intramolecular Hbond substituents is 3. The molecule has 0 amide bonds. The maximum absolute atomic E-state index is 11.0. The molecule has 57 heavy (non-hydrogen) atoms. The Bertz CT molecular complexity index is 2480. The van der Waals surface area contributed by atoms with E-state index in [-0.39, 0.29) is 18.1 Å². The van der Waals surface area contributed by atoms with Crippen molar-refractivity contribution in [1.29, 1.82) is 0 Å². The number of aryl methyl sites for hydroxylation is 4. The SMILES string of the molecule is CCOC(C)Oc1c(C)cc(C(c2ccc3cc(C(c4cc(C)c(O)c(C)c4C)c4cc(C)c(O)c(C)c4C)ccc3c2)c2cc(C)c(O)c(C)c2C)c(C)c1C. The zero-order valence-corrected chi connectivity index (χ0v) is 36.4. The van der Waals surface area contributed by atoms with Crippen LogP contribution in [0.1, 0.15) is 126 Å². The van der Waals surface area contributed by atoms with Gasteiger partial charge in [-0.05, 0) is 208 Å². The third-order valence-corrected chi connectivity index (χ3v) is 12.8. The molecule has 5 heteroatoms. The van der Waals surface area contributed by atoms with Crippen LogP contribution < -0.4 is 4.74 Å². The van der Waals surface area contributed by atoms with Crippen molar-refractivity contribution in [2.24, 2.45) is 0 Å². The minimum atomic E-state index is -0.361. The second-order valence-electron chi connectivity index (χ2n) is 16.4. The zero-order chi connectivity index (χ0) is 41.8. The second kappa shape index (κ2) is 15.9. The van der Waals surface area contributed by atoms with E-state index in [0.717, 1.165) is 100.0 Å². The van der Waals surface area contributed by atoms with Gasteiger partial charge in [-0.2, -0.15) is 0 Å². The van der Waals surface area contributed by atoms with E-state index in [2.05, 4.69) is 102 Å². The van der Waals surface area contributed by atoms with E-state index >= 15 is 0 Å². The fourth-order valence-electron chi connectivity index (χ4n) is 8.90. The minimum Gasteiger partial charge on any atom is -0.507 e. The summed E-state index contributed by atoms with van der Waals surface area (Å²) in [7, 11) is 0. The topological polar surface area (TPSA) is 79.2 Å². The monoisotopic (exact) mass is 764 g/mol. The van der Waals surface area contributed by atoms with Crippen LogP contribution >= 0.6 is 0 Å². The molecular weight excluding hydrogens is 705 g/mol. The number of hydrogen-bond donors (Lipinski definition) is 3. The maximum Gasteiger partial charge on any atom is 0.196 e. The first-order valence-electron chi connectivity index (χ1n) is 20.2. The molecule has 0 fully saturated rings. The summed E-state index contributed by atoms with van der Waals surface area (Å²) in [6, 6.07) is 22.3. The molecule has 0 bridgehead atoms. The van der Waals surface area contributed by atoms with Crippen molar-refractivity contribution in [3.8, 4) is 23.0 Å². The molecule has 3 N–H and O–H groups in total. The zero-order valence-electron chi connectivity index (χ0n) is 36.4. The van der Waals surface area contributed by atoms with E-state index in [0.29, 0.717) is 23.9 Å². The highest BCUT2D eigenvalue weighted by molar-refractivity contribution is 5.85. The third kappa shape index (κ3) is 7.39. The Kier molecular flexibility index (Phi) is 11.6. The lowest BCUT2D eigenvalue weighted by atomic mass is 9.76. The van der Waals surface area contributed by atoms with Crippen molar-refractivity contribution in [2.45, 2.75) is 115 Å². The summed E-state index contributed by atoms with van der Waals surface area (Å²) in [6.45, 7) is 29.1. The summed E-state index contributed by atoms with van der Waals surface area (Å²) >= 11 is 0. The highest BCUT2D eigenvalue weighted by Crippen LogP contribution is 2.45. The molecule has 6 aromatic carbocycles.